The molecule has 0 amide bonds. The summed E-state index contributed by atoms with van der Waals surface area (Å²) in [6.45, 7) is -0.271. The number of carbonyl (C=O) groups excluding carboxylic acids is 1. The summed E-state index contributed by atoms with van der Waals surface area (Å²) in [5, 5.41) is 0. The van der Waals surface area contributed by atoms with Crippen LogP contribution in [-0.4, -0.2) is 18.8 Å². The Morgan fingerprint density at radius 3 is 2.53 bits per heavy atom. The minimum atomic E-state index is -4.22. The molecule has 1 aromatic rings. The van der Waals surface area contributed by atoms with Crippen molar-refractivity contribution >= 4 is 11.7 Å². The van der Waals surface area contributed by atoms with Crippen molar-refractivity contribution in [2.24, 2.45) is 0 Å². The van der Waals surface area contributed by atoms with Crippen LogP contribution in [0.15, 0.2) is 24.3 Å². The molecule has 1 aromatic carbocycles. The summed E-state index contributed by atoms with van der Waals surface area (Å²) >= 11 is 0. The lowest BCUT2D eigenvalue weighted by molar-refractivity contribution is -0.137. The fourth-order valence-corrected chi connectivity index (χ4v) is 1.20. The third-order valence-corrected chi connectivity index (χ3v) is 2.02. The van der Waals surface area contributed by atoms with Gasteiger partial charge in [0.25, 0.3) is 0 Å². The second-order valence-electron chi connectivity index (χ2n) is 3.44. The number of nitrogens with two attached hydrogens (primary N) is 1. The van der Waals surface area contributed by atoms with Crippen molar-refractivity contribution in [3.8, 4) is 0 Å². The van der Waals surface area contributed by atoms with E-state index in [0.29, 0.717) is 0 Å². The SMILES string of the molecule is Nc1ccccc1C(=O)OCCCC(F)(F)F. The number of hydrogen-bond donors (Lipinski definition) is 1. The van der Waals surface area contributed by atoms with Gasteiger partial charge in [0.2, 0.25) is 0 Å². The van der Waals surface area contributed by atoms with Crippen LogP contribution in [0.25, 0.3) is 0 Å². The molecule has 3 nitrogen and oxygen atoms in total. The van der Waals surface area contributed by atoms with E-state index in [-0.39, 0.29) is 24.3 Å². The molecule has 0 fully saturated rings. The molecule has 0 aliphatic heterocycles. The maximum atomic E-state index is 11.8. The molecule has 0 spiro atoms. The largest absolute Gasteiger partial charge is 0.462 e. The maximum Gasteiger partial charge on any atom is 0.389 e. The fourth-order valence-electron chi connectivity index (χ4n) is 1.20. The lowest BCUT2D eigenvalue weighted by Crippen LogP contribution is -2.12. The monoisotopic (exact) mass is 247 g/mol. The second-order valence-corrected chi connectivity index (χ2v) is 3.44. The highest BCUT2D eigenvalue weighted by atomic mass is 19.4. The first-order chi connectivity index (χ1) is 7.90. The Bertz CT molecular complexity index is 391. The highest BCUT2D eigenvalue weighted by Crippen LogP contribution is 2.21. The van der Waals surface area contributed by atoms with Gasteiger partial charge < -0.3 is 10.5 Å². The molecule has 17 heavy (non-hydrogen) atoms. The van der Waals surface area contributed by atoms with Gasteiger partial charge in [0.1, 0.15) is 0 Å². The quantitative estimate of drug-likeness (QED) is 0.505. The van der Waals surface area contributed by atoms with E-state index < -0.39 is 18.6 Å². The highest BCUT2D eigenvalue weighted by molar-refractivity contribution is 5.94. The first-order valence-electron chi connectivity index (χ1n) is 4.98. The van der Waals surface area contributed by atoms with Crippen molar-refractivity contribution in [3.05, 3.63) is 29.8 Å². The summed E-state index contributed by atoms with van der Waals surface area (Å²) in [6, 6.07) is 6.23. The van der Waals surface area contributed by atoms with Crippen LogP contribution in [-0.2, 0) is 4.74 Å². The number of benzene rings is 1. The lowest BCUT2D eigenvalue weighted by atomic mass is 10.2. The number of anilines is 1. The molecule has 0 aliphatic rings. The Balaban J connectivity index is 2.39. The lowest BCUT2D eigenvalue weighted by Gasteiger charge is -2.08. The number of nitrogen functional groups attached to an aromatic ring is 1. The van der Waals surface area contributed by atoms with E-state index in [9.17, 15) is 18.0 Å². The average molecular weight is 247 g/mol. The van der Waals surface area contributed by atoms with Crippen molar-refractivity contribution in [1.82, 2.24) is 0 Å². The molecule has 0 saturated heterocycles. The number of alkyl halides is 3. The zero-order chi connectivity index (χ0) is 12.9. The van der Waals surface area contributed by atoms with Crippen molar-refractivity contribution in [3.63, 3.8) is 0 Å². The number of para-hydroxylation sites is 1. The Morgan fingerprint density at radius 1 is 1.29 bits per heavy atom. The molecule has 0 heterocycles. The standard InChI is InChI=1S/C11H12F3NO2/c12-11(13,14)6-3-7-17-10(16)8-4-1-2-5-9(8)15/h1-2,4-5H,3,6-7,15H2. The normalized spacial score (nSPS) is 11.2. The molecule has 0 atom stereocenters. The smallest absolute Gasteiger partial charge is 0.389 e. The number of carbonyl (C=O) groups is 1. The number of halogens is 3. The summed E-state index contributed by atoms with van der Waals surface area (Å²) in [7, 11) is 0. The number of ether oxygens (including phenoxy) is 1. The van der Waals surface area contributed by atoms with Crippen LogP contribution >= 0.6 is 0 Å². The summed E-state index contributed by atoms with van der Waals surface area (Å²) in [5.74, 6) is -0.703. The van der Waals surface area contributed by atoms with E-state index in [0.717, 1.165) is 0 Å². The third kappa shape index (κ3) is 4.76. The van der Waals surface area contributed by atoms with Gasteiger partial charge in [-0.15, -0.1) is 0 Å². The topological polar surface area (TPSA) is 52.3 Å². The van der Waals surface area contributed by atoms with Gasteiger partial charge in [-0.25, -0.2) is 4.79 Å². The molecule has 0 saturated carbocycles. The van der Waals surface area contributed by atoms with E-state index in [1.165, 1.54) is 12.1 Å². The molecule has 0 aromatic heterocycles. The average Bonchev–Trinajstić information content (AvgIpc) is 2.23. The Hall–Kier alpha value is -1.72. The highest BCUT2D eigenvalue weighted by Gasteiger charge is 2.26. The molecule has 0 unspecified atom stereocenters. The first-order valence-corrected chi connectivity index (χ1v) is 4.98. The van der Waals surface area contributed by atoms with Gasteiger partial charge in [-0.3, -0.25) is 0 Å². The molecular formula is C11H12F3NO2. The molecular weight excluding hydrogens is 235 g/mol. The third-order valence-electron chi connectivity index (χ3n) is 2.02. The first kappa shape index (κ1) is 13.3. The van der Waals surface area contributed by atoms with Crippen LogP contribution in [0.2, 0.25) is 0 Å². The van der Waals surface area contributed by atoms with Crippen molar-refractivity contribution in [2.75, 3.05) is 12.3 Å². The molecule has 0 radical (unpaired) electrons. The number of hydrogen-bond acceptors (Lipinski definition) is 3. The molecule has 0 bridgehead atoms. The minimum absolute atomic E-state index is 0.166. The van der Waals surface area contributed by atoms with Crippen molar-refractivity contribution in [2.45, 2.75) is 19.0 Å². The molecule has 0 aliphatic carbocycles. The predicted octanol–water partition coefficient (Wildman–Crippen LogP) is 2.77. The molecule has 1 rings (SSSR count). The van der Waals surface area contributed by atoms with Gasteiger partial charge in [-0.2, -0.15) is 13.2 Å². The summed E-state index contributed by atoms with van der Waals surface area (Å²) < 4.78 is 40.1. The second kappa shape index (κ2) is 5.56. The summed E-state index contributed by atoms with van der Waals surface area (Å²) in [6.07, 6.45) is -5.44. The van der Waals surface area contributed by atoms with Crippen LogP contribution in [0.1, 0.15) is 23.2 Å². The van der Waals surface area contributed by atoms with Crippen molar-refractivity contribution in [1.29, 1.82) is 0 Å². The van der Waals surface area contributed by atoms with Crippen LogP contribution in [0.4, 0.5) is 18.9 Å². The zero-order valence-electron chi connectivity index (χ0n) is 8.96. The zero-order valence-corrected chi connectivity index (χ0v) is 8.96. The van der Waals surface area contributed by atoms with E-state index in [1.807, 2.05) is 0 Å². The van der Waals surface area contributed by atoms with E-state index in [1.54, 1.807) is 12.1 Å². The van der Waals surface area contributed by atoms with Gasteiger partial charge in [-0.1, -0.05) is 12.1 Å². The molecule has 6 heteroatoms. The Kier molecular flexibility index (Phi) is 4.37. The van der Waals surface area contributed by atoms with Gasteiger partial charge in [0, 0.05) is 12.1 Å². The van der Waals surface area contributed by atoms with E-state index in [4.69, 9.17) is 5.73 Å². The molecule has 2 N–H and O–H groups in total. The van der Waals surface area contributed by atoms with E-state index in [2.05, 4.69) is 4.74 Å². The van der Waals surface area contributed by atoms with Crippen LogP contribution in [0.3, 0.4) is 0 Å². The summed E-state index contributed by atoms with van der Waals surface area (Å²) in [4.78, 5) is 11.4. The molecule has 94 valence electrons. The van der Waals surface area contributed by atoms with Crippen LogP contribution in [0, 0.1) is 0 Å². The minimum Gasteiger partial charge on any atom is -0.462 e. The Morgan fingerprint density at radius 2 is 1.94 bits per heavy atom. The van der Waals surface area contributed by atoms with Gasteiger partial charge in [0.15, 0.2) is 0 Å². The predicted molar refractivity (Wildman–Crippen MR) is 56.4 cm³/mol. The number of rotatable bonds is 4. The summed E-state index contributed by atoms with van der Waals surface area (Å²) in [5.41, 5.74) is 5.92. The maximum absolute atomic E-state index is 11.8. The van der Waals surface area contributed by atoms with Crippen LogP contribution in [0.5, 0.6) is 0 Å². The van der Waals surface area contributed by atoms with Crippen molar-refractivity contribution < 1.29 is 22.7 Å². The van der Waals surface area contributed by atoms with Gasteiger partial charge in [-0.05, 0) is 18.6 Å². The van der Waals surface area contributed by atoms with Gasteiger partial charge in [0.05, 0.1) is 12.2 Å². The Labute approximate surface area is 96.4 Å². The fraction of sp³-hybridized carbons (Fsp3) is 0.364. The van der Waals surface area contributed by atoms with Gasteiger partial charge >= 0.3 is 12.1 Å². The van der Waals surface area contributed by atoms with Crippen LogP contribution < -0.4 is 5.73 Å². The van der Waals surface area contributed by atoms with E-state index >= 15 is 0 Å². The number of esters is 1.